The number of carbonyl (C=O) groups excluding carboxylic acids is 2. The molecule has 2 rings (SSSR count). The molecule has 0 radical (unpaired) electrons. The molecule has 0 aromatic heterocycles. The number of nitrogens with one attached hydrogen (secondary N) is 2. The first-order valence-corrected chi connectivity index (χ1v) is 9.84. The van der Waals surface area contributed by atoms with Crippen molar-refractivity contribution < 1.29 is 14.3 Å². The number of carbonyl (C=O) groups is 2. The average Bonchev–Trinajstić information content (AvgIpc) is 2.59. The van der Waals surface area contributed by atoms with E-state index in [-0.39, 0.29) is 17.9 Å². The molecule has 0 atom stereocenters. The van der Waals surface area contributed by atoms with Crippen LogP contribution in [0.15, 0.2) is 40.9 Å². The van der Waals surface area contributed by atoms with Crippen molar-refractivity contribution in [3.05, 3.63) is 51.5 Å². The van der Waals surface area contributed by atoms with Crippen LogP contribution in [-0.4, -0.2) is 17.9 Å². The molecule has 0 saturated carbocycles. The molecule has 5 nitrogen and oxygen atoms in total. The van der Waals surface area contributed by atoms with Gasteiger partial charge in [0.15, 0.2) is 0 Å². The lowest BCUT2D eigenvalue weighted by Gasteiger charge is -2.13. The van der Waals surface area contributed by atoms with E-state index in [0.29, 0.717) is 38.6 Å². The van der Waals surface area contributed by atoms with Gasteiger partial charge in [0.1, 0.15) is 5.75 Å². The summed E-state index contributed by atoms with van der Waals surface area (Å²) in [7, 11) is 0. The fraction of sp³-hybridized carbons (Fsp3) is 0.300. The first-order chi connectivity index (χ1) is 12.8. The van der Waals surface area contributed by atoms with E-state index < -0.39 is 0 Å². The van der Waals surface area contributed by atoms with Gasteiger partial charge in [-0.05, 0) is 72.6 Å². The summed E-state index contributed by atoms with van der Waals surface area (Å²) in [4.78, 5) is 24.3. The van der Waals surface area contributed by atoms with Crippen LogP contribution >= 0.6 is 27.5 Å². The molecule has 7 heteroatoms. The van der Waals surface area contributed by atoms with Crippen molar-refractivity contribution in [2.45, 2.75) is 39.7 Å². The van der Waals surface area contributed by atoms with Gasteiger partial charge < -0.3 is 15.4 Å². The van der Waals surface area contributed by atoms with E-state index >= 15 is 0 Å². The van der Waals surface area contributed by atoms with Crippen molar-refractivity contribution in [2.75, 3.05) is 10.6 Å². The molecule has 2 N–H and O–H groups in total. The summed E-state index contributed by atoms with van der Waals surface area (Å²) in [6, 6.07) is 10.1. The summed E-state index contributed by atoms with van der Waals surface area (Å²) in [6.07, 6.45) is 1.22. The Hall–Kier alpha value is -2.05. The van der Waals surface area contributed by atoms with E-state index in [0.717, 1.165) is 6.42 Å². The van der Waals surface area contributed by atoms with Crippen LogP contribution in [0.25, 0.3) is 0 Å². The Labute approximate surface area is 172 Å². The van der Waals surface area contributed by atoms with Crippen molar-refractivity contribution in [3.63, 3.8) is 0 Å². The highest BCUT2D eigenvalue weighted by molar-refractivity contribution is 9.10. The number of benzene rings is 2. The Morgan fingerprint density at radius 2 is 1.89 bits per heavy atom. The molecule has 27 heavy (non-hydrogen) atoms. The zero-order chi connectivity index (χ0) is 20.0. The number of hydrogen-bond acceptors (Lipinski definition) is 3. The van der Waals surface area contributed by atoms with Gasteiger partial charge in [0.25, 0.3) is 5.91 Å². The highest BCUT2D eigenvalue weighted by Gasteiger charge is 2.13. The Morgan fingerprint density at radius 3 is 2.52 bits per heavy atom. The van der Waals surface area contributed by atoms with Crippen LogP contribution in [0.3, 0.4) is 0 Å². The lowest BCUT2D eigenvalue weighted by Crippen LogP contribution is -2.14. The van der Waals surface area contributed by atoms with Gasteiger partial charge in [0.2, 0.25) is 5.91 Å². The lowest BCUT2D eigenvalue weighted by molar-refractivity contribution is -0.116. The number of ether oxygens (including phenoxy) is 1. The predicted molar refractivity (Wildman–Crippen MR) is 113 cm³/mol. The van der Waals surface area contributed by atoms with E-state index in [1.165, 1.54) is 0 Å². The summed E-state index contributed by atoms with van der Waals surface area (Å²) in [5.41, 5.74) is 1.46. The SMILES string of the molecule is CCCC(=O)Nc1ccc(Cl)c(NC(=O)c2ccc(OC(C)C)c(Br)c2)c1. The summed E-state index contributed by atoms with van der Waals surface area (Å²) in [6.45, 7) is 5.80. The molecule has 0 unspecified atom stereocenters. The fourth-order valence-electron chi connectivity index (χ4n) is 2.34. The monoisotopic (exact) mass is 452 g/mol. The normalized spacial score (nSPS) is 10.6. The third-order valence-corrected chi connectivity index (χ3v) is 4.48. The van der Waals surface area contributed by atoms with E-state index in [2.05, 4.69) is 26.6 Å². The zero-order valence-electron chi connectivity index (χ0n) is 15.4. The number of amides is 2. The van der Waals surface area contributed by atoms with Gasteiger partial charge in [-0.15, -0.1) is 0 Å². The molecule has 0 aliphatic heterocycles. The Kier molecular flexibility index (Phi) is 7.68. The maximum atomic E-state index is 12.6. The summed E-state index contributed by atoms with van der Waals surface area (Å²) < 4.78 is 6.34. The summed E-state index contributed by atoms with van der Waals surface area (Å²) in [5.74, 6) is 0.271. The standard InChI is InChI=1S/C20H22BrClN2O3/c1-4-5-19(25)23-14-7-8-16(22)17(11-14)24-20(26)13-6-9-18(15(21)10-13)27-12(2)3/h6-12H,4-5H2,1-3H3,(H,23,25)(H,24,26). The topological polar surface area (TPSA) is 67.4 Å². The second-order valence-electron chi connectivity index (χ2n) is 6.26. The van der Waals surface area contributed by atoms with Gasteiger partial charge in [-0.3, -0.25) is 9.59 Å². The van der Waals surface area contributed by atoms with Crippen molar-refractivity contribution >= 4 is 50.7 Å². The third-order valence-electron chi connectivity index (χ3n) is 3.53. The van der Waals surface area contributed by atoms with Crippen LogP contribution in [0, 0.1) is 0 Å². The van der Waals surface area contributed by atoms with Crippen molar-refractivity contribution in [1.82, 2.24) is 0 Å². The van der Waals surface area contributed by atoms with Crippen molar-refractivity contribution in [1.29, 1.82) is 0 Å². The van der Waals surface area contributed by atoms with Crippen LogP contribution in [-0.2, 0) is 4.79 Å². The van der Waals surface area contributed by atoms with E-state index in [4.69, 9.17) is 16.3 Å². The molecule has 0 bridgehead atoms. The molecule has 0 fully saturated rings. The first-order valence-electron chi connectivity index (χ1n) is 8.67. The van der Waals surface area contributed by atoms with Crippen LogP contribution in [0.5, 0.6) is 5.75 Å². The van der Waals surface area contributed by atoms with E-state index in [9.17, 15) is 9.59 Å². The molecule has 0 spiro atoms. The fourth-order valence-corrected chi connectivity index (χ4v) is 2.97. The Morgan fingerprint density at radius 1 is 1.15 bits per heavy atom. The molecule has 144 valence electrons. The van der Waals surface area contributed by atoms with Gasteiger partial charge in [0.05, 0.1) is 21.3 Å². The molecule has 2 aromatic carbocycles. The molecule has 0 aliphatic carbocycles. The molecule has 2 amide bonds. The predicted octanol–water partition coefficient (Wildman–Crippen LogP) is 5.88. The maximum absolute atomic E-state index is 12.6. The van der Waals surface area contributed by atoms with Crippen LogP contribution in [0.1, 0.15) is 44.0 Å². The first kappa shape index (κ1) is 21.3. The second kappa shape index (κ2) is 9.76. The highest BCUT2D eigenvalue weighted by Crippen LogP contribution is 2.29. The number of anilines is 2. The zero-order valence-corrected chi connectivity index (χ0v) is 17.8. The number of rotatable bonds is 7. The number of halogens is 2. The molecule has 0 saturated heterocycles. The second-order valence-corrected chi connectivity index (χ2v) is 7.52. The van der Waals surface area contributed by atoms with Gasteiger partial charge in [-0.25, -0.2) is 0 Å². The molecular formula is C20H22BrClN2O3. The average molecular weight is 454 g/mol. The summed E-state index contributed by atoms with van der Waals surface area (Å²) >= 11 is 9.60. The van der Waals surface area contributed by atoms with Gasteiger partial charge >= 0.3 is 0 Å². The van der Waals surface area contributed by atoms with Crippen LogP contribution < -0.4 is 15.4 Å². The van der Waals surface area contributed by atoms with Gasteiger partial charge in [-0.2, -0.15) is 0 Å². The Balaban J connectivity index is 2.15. The van der Waals surface area contributed by atoms with Gasteiger partial charge in [-0.1, -0.05) is 18.5 Å². The van der Waals surface area contributed by atoms with E-state index in [1.807, 2.05) is 20.8 Å². The largest absolute Gasteiger partial charge is 0.490 e. The minimum atomic E-state index is -0.314. The van der Waals surface area contributed by atoms with Crippen LogP contribution in [0.4, 0.5) is 11.4 Å². The van der Waals surface area contributed by atoms with Crippen molar-refractivity contribution in [3.8, 4) is 5.75 Å². The molecule has 2 aromatic rings. The van der Waals surface area contributed by atoms with Crippen LogP contribution in [0.2, 0.25) is 5.02 Å². The lowest BCUT2D eigenvalue weighted by atomic mass is 10.2. The van der Waals surface area contributed by atoms with E-state index in [1.54, 1.807) is 36.4 Å². The molecule has 0 heterocycles. The van der Waals surface area contributed by atoms with Crippen molar-refractivity contribution in [2.24, 2.45) is 0 Å². The minimum Gasteiger partial charge on any atom is -0.490 e. The molecule has 0 aliphatic rings. The third kappa shape index (κ3) is 6.26. The molecular weight excluding hydrogens is 432 g/mol. The quantitative estimate of drug-likeness (QED) is 0.550. The minimum absolute atomic E-state index is 0.0328. The summed E-state index contributed by atoms with van der Waals surface area (Å²) in [5, 5.41) is 5.95. The number of hydrogen-bond donors (Lipinski definition) is 2. The maximum Gasteiger partial charge on any atom is 0.255 e. The van der Waals surface area contributed by atoms with Gasteiger partial charge in [0, 0.05) is 17.7 Å². The smallest absolute Gasteiger partial charge is 0.255 e. The Bertz CT molecular complexity index is 840. The highest BCUT2D eigenvalue weighted by atomic mass is 79.9.